The van der Waals surface area contributed by atoms with E-state index in [9.17, 15) is 24.0 Å². The van der Waals surface area contributed by atoms with E-state index in [1.807, 2.05) is 0 Å². The van der Waals surface area contributed by atoms with E-state index in [1.54, 1.807) is 42.5 Å². The Morgan fingerprint density at radius 1 is 1.12 bits per heavy atom. The zero-order chi connectivity index (χ0) is 29.1. The third-order valence-electron chi connectivity index (χ3n) is 6.00. The van der Waals surface area contributed by atoms with Crippen LogP contribution in [-0.2, 0) is 19.2 Å². The molecule has 0 unspecified atom stereocenters. The fourth-order valence-electron chi connectivity index (χ4n) is 3.87. The maximum Gasteiger partial charge on any atom is 0.255 e. The van der Waals surface area contributed by atoms with Crippen LogP contribution in [0, 0.1) is 0 Å². The number of rotatable bonds is 8. The molecule has 5 N–H and O–H groups in total. The molecule has 0 bridgehead atoms. The van der Waals surface area contributed by atoms with Crippen LogP contribution in [0.1, 0.15) is 29.6 Å². The van der Waals surface area contributed by atoms with Gasteiger partial charge in [0.25, 0.3) is 5.91 Å². The summed E-state index contributed by atoms with van der Waals surface area (Å²) in [4.78, 5) is 64.9. The summed E-state index contributed by atoms with van der Waals surface area (Å²) < 4.78 is 11.3. The molecule has 0 saturated carbocycles. The van der Waals surface area contributed by atoms with Crippen LogP contribution in [0.5, 0.6) is 11.5 Å². The Hall–Kier alpha value is -4.32. The molecule has 2 aromatic carbocycles. The number of amides is 5. The molecule has 3 rings (SSSR count). The summed E-state index contributed by atoms with van der Waals surface area (Å²) in [6, 6.07) is 10.8. The molecule has 1 aliphatic heterocycles. The number of halogens is 1. The maximum atomic E-state index is 13.1. The van der Waals surface area contributed by atoms with E-state index in [1.165, 1.54) is 18.0 Å². The molecule has 13 heteroatoms. The Morgan fingerprint density at radius 2 is 1.85 bits per heavy atom. The van der Waals surface area contributed by atoms with E-state index in [0.29, 0.717) is 10.8 Å². The minimum absolute atomic E-state index is 0.0286. The van der Waals surface area contributed by atoms with Crippen molar-refractivity contribution in [2.75, 3.05) is 33.4 Å². The van der Waals surface area contributed by atoms with Crippen molar-refractivity contribution in [3.63, 3.8) is 0 Å². The molecule has 1 heterocycles. The highest BCUT2D eigenvalue weighted by Gasteiger charge is 2.30. The first-order valence-electron chi connectivity index (χ1n) is 12.7. The van der Waals surface area contributed by atoms with Crippen molar-refractivity contribution < 1.29 is 33.4 Å². The van der Waals surface area contributed by atoms with Crippen molar-refractivity contribution in [2.24, 2.45) is 5.73 Å². The first kappa shape index (κ1) is 30.2. The van der Waals surface area contributed by atoms with Gasteiger partial charge in [0, 0.05) is 18.5 Å². The number of fused-ring (bicyclic) bond motifs is 1. The van der Waals surface area contributed by atoms with Crippen molar-refractivity contribution in [3.05, 3.63) is 59.1 Å². The number of hydrogen-bond acceptors (Lipinski definition) is 7. The number of ether oxygens (including phenoxy) is 2. The van der Waals surface area contributed by atoms with Crippen molar-refractivity contribution >= 4 is 41.1 Å². The Morgan fingerprint density at radius 3 is 2.58 bits per heavy atom. The van der Waals surface area contributed by atoms with Gasteiger partial charge in [-0.25, -0.2) is 0 Å². The lowest BCUT2D eigenvalue weighted by Gasteiger charge is -2.26. The Labute approximate surface area is 236 Å². The summed E-state index contributed by atoms with van der Waals surface area (Å²) in [5, 5.41) is 8.37. The smallest absolute Gasteiger partial charge is 0.255 e. The minimum atomic E-state index is -1.29. The van der Waals surface area contributed by atoms with E-state index in [4.69, 9.17) is 26.8 Å². The predicted octanol–water partition coefficient (Wildman–Crippen LogP) is 0.625. The van der Waals surface area contributed by atoms with E-state index >= 15 is 0 Å². The van der Waals surface area contributed by atoms with E-state index in [2.05, 4.69) is 16.0 Å². The van der Waals surface area contributed by atoms with Gasteiger partial charge in [-0.2, -0.15) is 0 Å². The third-order valence-corrected chi connectivity index (χ3v) is 6.25. The lowest BCUT2D eigenvalue weighted by molar-refractivity contribution is -0.136. The average molecular weight is 574 g/mol. The van der Waals surface area contributed by atoms with Crippen LogP contribution in [0.2, 0.25) is 5.02 Å². The Balaban J connectivity index is 1.76. The topological polar surface area (TPSA) is 169 Å². The SMILES string of the molecule is CN1CCOc2ccccc2C(=O)N[C@H](C(=O)NCCOc2ccc(Cl)cc2)CC(=O)N[C@@H](CCC(N)=O)C1=O. The lowest BCUT2D eigenvalue weighted by Crippen LogP contribution is -2.53. The normalized spacial score (nSPS) is 18.4. The van der Waals surface area contributed by atoms with Gasteiger partial charge in [-0.15, -0.1) is 0 Å². The first-order chi connectivity index (χ1) is 19.1. The first-order valence-corrected chi connectivity index (χ1v) is 13.0. The van der Waals surface area contributed by atoms with Gasteiger partial charge in [0.05, 0.1) is 25.1 Å². The second kappa shape index (κ2) is 14.7. The molecule has 214 valence electrons. The zero-order valence-corrected chi connectivity index (χ0v) is 22.7. The summed E-state index contributed by atoms with van der Waals surface area (Å²) in [5.41, 5.74) is 5.41. The molecule has 2 aromatic rings. The number of nitrogens with two attached hydrogens (primary N) is 1. The Bertz CT molecular complexity index is 1220. The molecule has 0 aliphatic carbocycles. The monoisotopic (exact) mass is 573 g/mol. The number of hydrogen-bond donors (Lipinski definition) is 4. The second-order valence-corrected chi connectivity index (χ2v) is 9.49. The molecular weight excluding hydrogens is 542 g/mol. The van der Waals surface area contributed by atoms with Gasteiger partial charge in [-0.05, 0) is 42.8 Å². The van der Waals surface area contributed by atoms with Crippen LogP contribution in [0.15, 0.2) is 48.5 Å². The number of benzene rings is 2. The molecular formula is C27H32ClN5O7. The highest BCUT2D eigenvalue weighted by atomic mass is 35.5. The number of nitrogens with one attached hydrogen (secondary N) is 3. The largest absolute Gasteiger partial charge is 0.492 e. The van der Waals surface area contributed by atoms with Crippen LogP contribution in [0.4, 0.5) is 0 Å². The van der Waals surface area contributed by atoms with Gasteiger partial charge in [-0.3, -0.25) is 24.0 Å². The number of primary amides is 1. The summed E-state index contributed by atoms with van der Waals surface area (Å²) >= 11 is 5.87. The number of nitrogens with zero attached hydrogens (tertiary/aromatic N) is 1. The van der Waals surface area contributed by atoms with Gasteiger partial charge in [0.1, 0.15) is 36.8 Å². The highest BCUT2D eigenvalue weighted by molar-refractivity contribution is 6.30. The molecule has 40 heavy (non-hydrogen) atoms. The van der Waals surface area contributed by atoms with Crippen LogP contribution >= 0.6 is 11.6 Å². The van der Waals surface area contributed by atoms with Gasteiger partial charge in [-0.1, -0.05) is 23.7 Å². The van der Waals surface area contributed by atoms with Gasteiger partial charge in [0.15, 0.2) is 0 Å². The van der Waals surface area contributed by atoms with E-state index in [-0.39, 0.29) is 50.5 Å². The van der Waals surface area contributed by atoms with Gasteiger partial charge in [0.2, 0.25) is 23.6 Å². The average Bonchev–Trinajstić information content (AvgIpc) is 2.93. The fourth-order valence-corrected chi connectivity index (χ4v) is 4.00. The van der Waals surface area contributed by atoms with Gasteiger partial charge >= 0.3 is 0 Å². The fraction of sp³-hybridized carbons (Fsp3) is 0.370. The molecule has 0 fully saturated rings. The molecule has 0 aromatic heterocycles. The van der Waals surface area contributed by atoms with Crippen LogP contribution in [0.3, 0.4) is 0 Å². The van der Waals surface area contributed by atoms with Crippen LogP contribution < -0.4 is 31.2 Å². The number of para-hydroxylation sites is 1. The molecule has 0 saturated heterocycles. The molecule has 2 atom stereocenters. The summed E-state index contributed by atoms with van der Waals surface area (Å²) in [6.45, 7) is 0.411. The highest BCUT2D eigenvalue weighted by Crippen LogP contribution is 2.19. The summed E-state index contributed by atoms with van der Waals surface area (Å²) in [5.74, 6) is -2.20. The maximum absolute atomic E-state index is 13.1. The molecule has 12 nitrogen and oxygen atoms in total. The number of likely N-dealkylation sites (N-methyl/N-ethyl adjacent to an activating group) is 1. The molecule has 5 amide bonds. The van der Waals surface area contributed by atoms with Crippen molar-refractivity contribution in [1.29, 1.82) is 0 Å². The minimum Gasteiger partial charge on any atom is -0.492 e. The van der Waals surface area contributed by atoms with Crippen LogP contribution in [-0.4, -0.2) is 79.9 Å². The lowest BCUT2D eigenvalue weighted by atomic mass is 10.1. The number of carbonyl (C=O) groups excluding carboxylic acids is 5. The molecule has 0 radical (unpaired) electrons. The molecule has 0 spiro atoms. The Kier molecular flexibility index (Phi) is 11.1. The molecule has 1 aliphatic rings. The van der Waals surface area contributed by atoms with Gasteiger partial charge < -0.3 is 36.1 Å². The second-order valence-electron chi connectivity index (χ2n) is 9.05. The zero-order valence-electron chi connectivity index (χ0n) is 22.0. The summed E-state index contributed by atoms with van der Waals surface area (Å²) in [6.07, 6.45) is -0.634. The van der Waals surface area contributed by atoms with E-state index in [0.717, 1.165) is 0 Å². The quantitative estimate of drug-likeness (QED) is 0.336. The van der Waals surface area contributed by atoms with E-state index < -0.39 is 48.0 Å². The van der Waals surface area contributed by atoms with Crippen LogP contribution in [0.25, 0.3) is 0 Å². The predicted molar refractivity (Wildman–Crippen MR) is 146 cm³/mol. The van der Waals surface area contributed by atoms with Crippen molar-refractivity contribution in [3.8, 4) is 11.5 Å². The summed E-state index contributed by atoms with van der Waals surface area (Å²) in [7, 11) is 1.53. The van der Waals surface area contributed by atoms with Crippen molar-refractivity contribution in [2.45, 2.75) is 31.3 Å². The van der Waals surface area contributed by atoms with Crippen molar-refractivity contribution in [1.82, 2.24) is 20.9 Å². The number of carbonyl (C=O) groups is 5. The standard InChI is InChI=1S/C27H32ClN5O7/c1-33-13-15-40-22-5-3-2-4-19(22)25(36)32-21(16-24(35)31-20(27(33)38)10-11-23(29)34)26(37)30-12-14-39-18-8-6-17(28)7-9-18/h2-9,20-21H,10-16H2,1H3,(H2,29,34)(H,30,37)(H,31,35)(H,32,36)/t20-,21-/m0/s1. The third kappa shape index (κ3) is 9.16.